The van der Waals surface area contributed by atoms with Crippen LogP contribution in [0, 0.1) is 5.82 Å². The largest absolute Gasteiger partial charge is 0.392 e. The van der Waals surface area contributed by atoms with Gasteiger partial charge in [0.1, 0.15) is 5.82 Å². The summed E-state index contributed by atoms with van der Waals surface area (Å²) < 4.78 is 18.6. The lowest BCUT2D eigenvalue weighted by Crippen LogP contribution is -2.15. The Morgan fingerprint density at radius 2 is 2.30 bits per heavy atom. The van der Waals surface area contributed by atoms with E-state index >= 15 is 0 Å². The Morgan fingerprint density at radius 3 is 3.05 bits per heavy atom. The lowest BCUT2D eigenvalue weighted by atomic mass is 10.2. The van der Waals surface area contributed by atoms with Gasteiger partial charge in [-0.05, 0) is 18.6 Å². The van der Waals surface area contributed by atoms with Crippen LogP contribution in [-0.2, 0) is 5.75 Å². The van der Waals surface area contributed by atoms with E-state index < -0.39 is 0 Å². The number of nitrogens with one attached hydrogen (secondary N) is 1. The first kappa shape index (κ1) is 13.5. The van der Waals surface area contributed by atoms with Gasteiger partial charge in [0.15, 0.2) is 5.82 Å². The van der Waals surface area contributed by atoms with E-state index in [4.69, 9.17) is 4.52 Å². The fourth-order valence-electron chi connectivity index (χ4n) is 2.08. The molecule has 20 heavy (non-hydrogen) atoms. The molecule has 1 aromatic heterocycles. The second kappa shape index (κ2) is 5.90. The number of aliphatic hydroxyl groups excluding tert-OH is 1. The van der Waals surface area contributed by atoms with Gasteiger partial charge in [0, 0.05) is 11.4 Å². The van der Waals surface area contributed by atoms with Crippen LogP contribution in [0.3, 0.4) is 0 Å². The summed E-state index contributed by atoms with van der Waals surface area (Å²) >= 11 is 1.33. The zero-order chi connectivity index (χ0) is 13.9. The quantitative estimate of drug-likeness (QED) is 0.839. The van der Waals surface area contributed by atoms with Crippen LogP contribution in [0.5, 0.6) is 0 Å². The molecule has 5 nitrogen and oxygen atoms in total. The van der Waals surface area contributed by atoms with E-state index in [1.54, 1.807) is 18.2 Å². The molecule has 2 atom stereocenters. The van der Waals surface area contributed by atoms with Crippen molar-refractivity contribution >= 4 is 11.8 Å². The summed E-state index contributed by atoms with van der Waals surface area (Å²) in [6.07, 6.45) is 0.199. The van der Waals surface area contributed by atoms with Gasteiger partial charge in [-0.15, -0.1) is 11.8 Å². The van der Waals surface area contributed by atoms with E-state index in [0.29, 0.717) is 35.3 Å². The van der Waals surface area contributed by atoms with Crippen LogP contribution in [0.25, 0.3) is 0 Å². The summed E-state index contributed by atoms with van der Waals surface area (Å²) in [4.78, 5) is 4.84. The summed E-state index contributed by atoms with van der Waals surface area (Å²) in [5.74, 6) is 1.20. The highest BCUT2D eigenvalue weighted by atomic mass is 32.2. The van der Waals surface area contributed by atoms with Gasteiger partial charge in [-0.1, -0.05) is 17.3 Å². The zero-order valence-corrected chi connectivity index (χ0v) is 11.4. The number of benzene rings is 1. The van der Waals surface area contributed by atoms with Crippen LogP contribution in [0.15, 0.2) is 33.7 Å². The van der Waals surface area contributed by atoms with Crippen molar-refractivity contribution in [2.24, 2.45) is 0 Å². The molecular formula is C13H14FN3O2S. The molecule has 1 aliphatic heterocycles. The van der Waals surface area contributed by atoms with E-state index in [-0.39, 0.29) is 18.0 Å². The Labute approximate surface area is 119 Å². The van der Waals surface area contributed by atoms with Gasteiger partial charge in [0.05, 0.1) is 17.9 Å². The number of hydrogen-bond donors (Lipinski definition) is 2. The molecule has 106 valence electrons. The summed E-state index contributed by atoms with van der Waals surface area (Å²) in [6.45, 7) is 0.534. The molecule has 2 N–H and O–H groups in total. The molecule has 0 radical (unpaired) electrons. The normalized spacial score (nSPS) is 22.3. The van der Waals surface area contributed by atoms with Crippen LogP contribution in [-0.4, -0.2) is 27.9 Å². The maximum Gasteiger partial charge on any atom is 0.243 e. The minimum atomic E-state index is -0.372. The fourth-order valence-corrected chi connectivity index (χ4v) is 2.86. The van der Waals surface area contributed by atoms with Crippen molar-refractivity contribution < 1.29 is 14.0 Å². The number of aliphatic hydroxyl groups is 1. The minimum Gasteiger partial charge on any atom is -0.392 e. The summed E-state index contributed by atoms with van der Waals surface area (Å²) in [5, 5.41) is 16.4. The highest BCUT2D eigenvalue weighted by Gasteiger charge is 2.28. The van der Waals surface area contributed by atoms with E-state index in [0.717, 1.165) is 0 Å². The third-order valence-electron chi connectivity index (χ3n) is 3.08. The molecule has 1 aromatic carbocycles. The molecule has 7 heteroatoms. The third kappa shape index (κ3) is 3.00. The number of β-amino-alcohol motifs (C(OH)–C–C–N with tert-alkyl or cyclic N) is 1. The van der Waals surface area contributed by atoms with Crippen molar-refractivity contribution in [3.05, 3.63) is 41.8 Å². The monoisotopic (exact) mass is 295 g/mol. The molecule has 0 amide bonds. The summed E-state index contributed by atoms with van der Waals surface area (Å²) in [6, 6.07) is 6.49. The molecule has 0 saturated carbocycles. The standard InChI is InChI=1S/C13H14FN3O2S/c14-9-3-1-2-4-11(9)20-7-12-16-13(19-17-12)10-5-8(18)6-15-10/h1-4,8,10,15,18H,5-7H2. The maximum atomic E-state index is 13.5. The molecule has 1 aliphatic rings. The number of nitrogens with zero attached hydrogens (tertiary/aromatic N) is 2. The van der Waals surface area contributed by atoms with Gasteiger partial charge >= 0.3 is 0 Å². The molecular weight excluding hydrogens is 281 g/mol. The van der Waals surface area contributed by atoms with Crippen molar-refractivity contribution in [1.82, 2.24) is 15.5 Å². The summed E-state index contributed by atoms with van der Waals surface area (Å²) in [5.41, 5.74) is 0. The minimum absolute atomic E-state index is 0.0929. The molecule has 2 aromatic rings. The topological polar surface area (TPSA) is 71.2 Å². The Hall–Kier alpha value is -1.44. The smallest absolute Gasteiger partial charge is 0.243 e. The lowest BCUT2D eigenvalue weighted by molar-refractivity contribution is 0.191. The molecule has 0 aliphatic carbocycles. The second-order valence-corrected chi connectivity index (χ2v) is 5.64. The second-order valence-electron chi connectivity index (χ2n) is 4.62. The first-order valence-corrected chi connectivity index (χ1v) is 7.32. The zero-order valence-electron chi connectivity index (χ0n) is 10.6. The van der Waals surface area contributed by atoms with Crippen molar-refractivity contribution in [1.29, 1.82) is 0 Å². The van der Waals surface area contributed by atoms with Crippen molar-refractivity contribution in [3.63, 3.8) is 0 Å². The van der Waals surface area contributed by atoms with Gasteiger partial charge in [-0.25, -0.2) is 4.39 Å². The Balaban J connectivity index is 1.62. The summed E-state index contributed by atoms with van der Waals surface area (Å²) in [7, 11) is 0. The number of rotatable bonds is 4. The highest BCUT2D eigenvalue weighted by Crippen LogP contribution is 2.26. The fraction of sp³-hybridized carbons (Fsp3) is 0.385. The van der Waals surface area contributed by atoms with Crippen LogP contribution >= 0.6 is 11.8 Å². The predicted molar refractivity (Wildman–Crippen MR) is 71.6 cm³/mol. The van der Waals surface area contributed by atoms with Crippen molar-refractivity contribution in [2.45, 2.75) is 29.2 Å². The van der Waals surface area contributed by atoms with Crippen molar-refractivity contribution in [2.75, 3.05) is 6.54 Å². The van der Waals surface area contributed by atoms with E-state index in [1.165, 1.54) is 17.8 Å². The van der Waals surface area contributed by atoms with Crippen LogP contribution < -0.4 is 5.32 Å². The van der Waals surface area contributed by atoms with Gasteiger partial charge in [-0.3, -0.25) is 0 Å². The Morgan fingerprint density at radius 1 is 1.45 bits per heavy atom. The molecule has 3 rings (SSSR count). The number of thioether (sulfide) groups is 1. The van der Waals surface area contributed by atoms with Gasteiger partial charge in [-0.2, -0.15) is 4.98 Å². The van der Waals surface area contributed by atoms with Gasteiger partial charge in [0.25, 0.3) is 0 Å². The van der Waals surface area contributed by atoms with Gasteiger partial charge in [0.2, 0.25) is 5.89 Å². The van der Waals surface area contributed by atoms with E-state index in [2.05, 4.69) is 15.5 Å². The number of hydrogen-bond acceptors (Lipinski definition) is 6. The Kier molecular flexibility index (Phi) is 4.00. The van der Waals surface area contributed by atoms with Crippen LogP contribution in [0.1, 0.15) is 24.2 Å². The molecule has 0 spiro atoms. The molecule has 0 bridgehead atoms. The Bertz CT molecular complexity index is 593. The molecule has 2 heterocycles. The lowest BCUT2D eigenvalue weighted by Gasteiger charge is -2.01. The predicted octanol–water partition coefficient (Wildman–Crippen LogP) is 1.90. The number of aromatic nitrogens is 2. The molecule has 1 saturated heterocycles. The SMILES string of the molecule is OC1CNC(c2nc(CSc3ccccc3F)no2)C1. The van der Waals surface area contributed by atoms with Gasteiger partial charge < -0.3 is 14.9 Å². The van der Waals surface area contributed by atoms with Crippen LogP contribution in [0.4, 0.5) is 4.39 Å². The average molecular weight is 295 g/mol. The van der Waals surface area contributed by atoms with Crippen LogP contribution in [0.2, 0.25) is 0 Å². The third-order valence-corrected chi connectivity index (χ3v) is 4.13. The van der Waals surface area contributed by atoms with E-state index in [1.807, 2.05) is 0 Å². The number of halogens is 1. The van der Waals surface area contributed by atoms with E-state index in [9.17, 15) is 9.50 Å². The maximum absolute atomic E-state index is 13.5. The molecule has 1 fully saturated rings. The first-order chi connectivity index (χ1) is 9.72. The molecule has 2 unspecified atom stereocenters. The highest BCUT2D eigenvalue weighted by molar-refractivity contribution is 7.98. The first-order valence-electron chi connectivity index (χ1n) is 6.33. The van der Waals surface area contributed by atoms with Crippen molar-refractivity contribution in [3.8, 4) is 0 Å². The average Bonchev–Trinajstić information content (AvgIpc) is 3.06.